The van der Waals surface area contributed by atoms with Gasteiger partial charge in [-0.25, -0.2) is 33.7 Å². The Labute approximate surface area is 383 Å². The van der Waals surface area contributed by atoms with Gasteiger partial charge in [-0.1, -0.05) is 116 Å². The lowest BCUT2D eigenvalue weighted by atomic mass is 9.98. The molecule has 4 heterocycles. The highest BCUT2D eigenvalue weighted by Crippen LogP contribution is 2.28. The number of rotatable bonds is 13. The minimum atomic E-state index is -2.90. The third-order valence-corrected chi connectivity index (χ3v) is 20.8. The quantitative estimate of drug-likeness (QED) is 0.175. The van der Waals surface area contributed by atoms with Crippen LogP contribution in [0.2, 0.25) is 0 Å². The van der Waals surface area contributed by atoms with E-state index in [0.29, 0.717) is 40.6 Å². The average Bonchev–Trinajstić information content (AvgIpc) is 3.99. The zero-order valence-corrected chi connectivity index (χ0v) is 42.7. The molecule has 0 spiro atoms. The minimum absolute atomic E-state index is 0.0488. The first-order valence-electron chi connectivity index (χ1n) is 23.1. The van der Waals surface area contributed by atoms with Crippen molar-refractivity contribution in [3.8, 4) is 0 Å². The van der Waals surface area contributed by atoms with Crippen LogP contribution in [-0.2, 0) is 52.4 Å². The fourth-order valence-electron chi connectivity index (χ4n) is 7.99. The summed E-state index contributed by atoms with van der Waals surface area (Å²) in [5.41, 5.74) is 14.1. The van der Waals surface area contributed by atoms with Gasteiger partial charge in [0.25, 0.3) is 0 Å². The van der Waals surface area contributed by atoms with Gasteiger partial charge in [0.05, 0.1) is 51.1 Å². The van der Waals surface area contributed by atoms with Gasteiger partial charge in [-0.3, -0.25) is 4.99 Å². The highest BCUT2D eigenvalue weighted by Gasteiger charge is 2.39. The molecule has 4 aliphatic heterocycles. The lowest BCUT2D eigenvalue weighted by Gasteiger charge is -2.27. The van der Waals surface area contributed by atoms with Crippen molar-refractivity contribution in [1.29, 1.82) is 0 Å². The highest BCUT2D eigenvalue weighted by atomic mass is 32.2. The van der Waals surface area contributed by atoms with Gasteiger partial charge in [-0.05, 0) is 98.8 Å². The van der Waals surface area contributed by atoms with E-state index in [9.17, 15) is 33.7 Å². The third kappa shape index (κ3) is 20.9. The van der Waals surface area contributed by atoms with Crippen molar-refractivity contribution in [2.45, 2.75) is 160 Å². The van der Waals surface area contributed by atoms with Crippen LogP contribution in [0.25, 0.3) is 0 Å². The summed E-state index contributed by atoms with van der Waals surface area (Å²) < 4.78 is 90.7. The van der Waals surface area contributed by atoms with Crippen molar-refractivity contribution in [2.75, 3.05) is 28.8 Å². The van der Waals surface area contributed by atoms with Crippen LogP contribution in [0.5, 0.6) is 0 Å². The summed E-state index contributed by atoms with van der Waals surface area (Å²) in [6, 6.07) is 20.2. The molecule has 2 aromatic rings. The monoisotopic (exact) mass is 959 g/mol. The van der Waals surface area contributed by atoms with Crippen LogP contribution in [0.1, 0.15) is 124 Å². The highest BCUT2D eigenvalue weighted by molar-refractivity contribution is 7.93. The van der Waals surface area contributed by atoms with Gasteiger partial charge in [0.15, 0.2) is 29.5 Å². The van der Waals surface area contributed by atoms with Crippen LogP contribution in [0.15, 0.2) is 65.7 Å². The van der Waals surface area contributed by atoms with E-state index in [1.165, 1.54) is 11.1 Å². The summed E-state index contributed by atoms with van der Waals surface area (Å²) in [6.07, 6.45) is 9.54. The van der Waals surface area contributed by atoms with Crippen LogP contribution in [0, 0.1) is 23.7 Å². The van der Waals surface area contributed by atoms with Gasteiger partial charge in [-0.15, -0.1) is 0 Å². The smallest absolute Gasteiger partial charge is 0.154 e. The van der Waals surface area contributed by atoms with Gasteiger partial charge in [0.2, 0.25) is 0 Å². The number of hydrogen-bond acceptors (Lipinski definition) is 12. The molecule has 0 bridgehead atoms. The molecule has 5 N–H and O–H groups in total. The topological polar surface area (TPSA) is 213 Å². The molecule has 12 nitrogen and oxygen atoms in total. The van der Waals surface area contributed by atoms with E-state index in [2.05, 4.69) is 62.3 Å². The molecule has 362 valence electrons. The van der Waals surface area contributed by atoms with Crippen molar-refractivity contribution in [3.63, 3.8) is 0 Å². The maximum atomic E-state index is 12.1. The van der Waals surface area contributed by atoms with E-state index >= 15 is 0 Å². The molecular weight excluding hydrogens is 877 g/mol. The number of nitrogens with one attached hydrogen (secondary N) is 1. The molecule has 2 aromatic carbocycles. The van der Waals surface area contributed by atoms with Crippen molar-refractivity contribution in [2.24, 2.45) is 40.1 Å². The fraction of sp³-hybridized carbons (Fsp3) is 0.723. The molecule has 0 amide bonds. The number of hydrogen-bond donors (Lipinski definition) is 3. The largest absolute Gasteiger partial charge is 0.326 e. The summed E-state index contributed by atoms with van der Waals surface area (Å²) in [4.78, 5) is 4.36. The van der Waals surface area contributed by atoms with E-state index in [1.54, 1.807) is 0 Å². The second-order valence-corrected chi connectivity index (χ2v) is 28.2. The van der Waals surface area contributed by atoms with Crippen molar-refractivity contribution in [3.05, 3.63) is 71.8 Å². The summed E-state index contributed by atoms with van der Waals surface area (Å²) in [7, 11) is -11.2. The number of nitrogens with two attached hydrogens (primary N) is 2. The van der Waals surface area contributed by atoms with E-state index < -0.39 is 39.3 Å². The SMILES string of the molecule is CC(C)C(NCc1ccccc1)C1CCCS1(=O)=O.CC(C)CC=NCc1ccccc1.CC(C)[C@@H](N)[C@@H]1CCCS1(=O)=O.CC(C)[C@H](N)[C@@H]1CCCS1(=O)=O.O=S1(=O)CCCC1. The summed E-state index contributed by atoms with van der Waals surface area (Å²) >= 11 is 0. The Balaban J connectivity index is 0.000000279. The molecule has 0 aromatic heterocycles. The average molecular weight is 959 g/mol. The van der Waals surface area contributed by atoms with Gasteiger partial charge in [0.1, 0.15) is 9.84 Å². The zero-order chi connectivity index (χ0) is 47.4. The first-order chi connectivity index (χ1) is 29.4. The van der Waals surface area contributed by atoms with Gasteiger partial charge >= 0.3 is 0 Å². The lowest BCUT2D eigenvalue weighted by molar-refractivity contribution is 0.373. The predicted octanol–water partition coefficient (Wildman–Crippen LogP) is 6.97. The second-order valence-electron chi connectivity index (χ2n) is 18.9. The Bertz CT molecular complexity index is 2000. The minimum Gasteiger partial charge on any atom is -0.326 e. The first-order valence-corrected chi connectivity index (χ1v) is 30.0. The van der Waals surface area contributed by atoms with E-state index in [0.717, 1.165) is 70.9 Å². The first kappa shape index (κ1) is 56.9. The van der Waals surface area contributed by atoms with Crippen LogP contribution >= 0.6 is 0 Å². The molecule has 0 aliphatic carbocycles. The van der Waals surface area contributed by atoms with Gasteiger partial charge < -0.3 is 16.8 Å². The molecule has 2 unspecified atom stereocenters. The van der Waals surface area contributed by atoms with Crippen LogP contribution in [-0.4, -0.2) is 103 Å². The number of nitrogens with zero attached hydrogens (tertiary/aromatic N) is 1. The molecule has 4 fully saturated rings. The van der Waals surface area contributed by atoms with Gasteiger partial charge in [-0.2, -0.15) is 0 Å². The maximum absolute atomic E-state index is 12.1. The Kier molecular flexibility index (Phi) is 24.8. The predicted molar refractivity (Wildman–Crippen MR) is 264 cm³/mol. The Morgan fingerprint density at radius 1 is 0.556 bits per heavy atom. The molecule has 4 aliphatic rings. The van der Waals surface area contributed by atoms with E-state index in [4.69, 9.17) is 11.5 Å². The summed E-state index contributed by atoms with van der Waals surface area (Å²) in [5, 5.41) is 2.68. The van der Waals surface area contributed by atoms with Crippen LogP contribution < -0.4 is 16.8 Å². The standard InChI is InChI=1S/C15H23NO2S.C12H17N.2C8H17NO2S.C4H8O2S/c1-12(2)15(14-9-6-10-19(14,17)18)16-11-13-7-4-3-5-8-13;1-11(2)8-9-13-10-12-6-4-3-5-7-12;2*1-6(2)8(9)7-4-3-5-12(7,10)11;5-7(6)3-1-2-4-7/h3-5,7-8,12,14-16H,6,9-11H2,1-2H3;3-7,9,11H,8,10H2,1-2H3;2*6-8H,3-5,9H2,1-2H3;1-4H2/t;;7-,8+;7-,8-;/m..00./s1. The van der Waals surface area contributed by atoms with Gasteiger partial charge in [0, 0.05) is 24.7 Å². The number of aliphatic imine (C=N–C) groups is 1. The molecular formula is C47H82N4O8S4. The van der Waals surface area contributed by atoms with Crippen LogP contribution in [0.4, 0.5) is 0 Å². The third-order valence-electron chi connectivity index (χ3n) is 12.0. The summed E-state index contributed by atoms with van der Waals surface area (Å²) in [6.45, 7) is 18.0. The number of benzene rings is 2. The van der Waals surface area contributed by atoms with Crippen LogP contribution in [0.3, 0.4) is 0 Å². The van der Waals surface area contributed by atoms with Crippen molar-refractivity contribution in [1.82, 2.24) is 5.32 Å². The Morgan fingerprint density at radius 2 is 0.952 bits per heavy atom. The van der Waals surface area contributed by atoms with Crippen molar-refractivity contribution >= 4 is 45.6 Å². The lowest BCUT2D eigenvalue weighted by Crippen LogP contribution is -2.45. The van der Waals surface area contributed by atoms with E-state index in [1.807, 2.05) is 70.3 Å². The van der Waals surface area contributed by atoms with E-state index in [-0.39, 0.29) is 45.7 Å². The molecule has 4 saturated heterocycles. The molecule has 63 heavy (non-hydrogen) atoms. The second kappa shape index (κ2) is 27.4. The molecule has 6 atom stereocenters. The Morgan fingerprint density at radius 3 is 1.27 bits per heavy atom. The molecule has 0 radical (unpaired) electrons. The normalized spacial score (nSPS) is 24.3. The zero-order valence-electron chi connectivity index (χ0n) is 39.4. The van der Waals surface area contributed by atoms with Crippen molar-refractivity contribution < 1.29 is 33.7 Å². The molecule has 6 rings (SSSR count). The number of sulfone groups is 4. The fourth-order valence-corrected chi connectivity index (χ4v) is 16.1. The maximum Gasteiger partial charge on any atom is 0.154 e. The molecule has 0 saturated carbocycles. The Hall–Kier alpha value is -2.21. The molecule has 16 heteroatoms. The summed E-state index contributed by atoms with van der Waals surface area (Å²) in [5.74, 6) is 3.40.